The molecule has 2 saturated heterocycles. The highest BCUT2D eigenvalue weighted by Crippen LogP contribution is 2.30. The van der Waals surface area contributed by atoms with Crippen LogP contribution in [-0.4, -0.2) is 64.4 Å². The van der Waals surface area contributed by atoms with Crippen LogP contribution in [0.15, 0.2) is 18.2 Å². The summed E-state index contributed by atoms with van der Waals surface area (Å²) in [5.74, 6) is -0.894. The monoisotopic (exact) mass is 456 g/mol. The van der Waals surface area contributed by atoms with Crippen molar-refractivity contribution in [3.63, 3.8) is 0 Å². The highest BCUT2D eigenvalue weighted by atomic mass is 16.6. The topological polar surface area (TPSA) is 108 Å². The molecule has 3 aliphatic heterocycles. The van der Waals surface area contributed by atoms with Crippen molar-refractivity contribution in [3.8, 4) is 0 Å². The van der Waals surface area contributed by atoms with E-state index in [0.717, 1.165) is 30.5 Å². The number of hydrogen-bond donors (Lipinski definition) is 2. The summed E-state index contributed by atoms with van der Waals surface area (Å²) in [6.45, 7) is 7.21. The number of ether oxygens (including phenoxy) is 1. The molecule has 178 valence electrons. The Labute approximate surface area is 193 Å². The molecule has 33 heavy (non-hydrogen) atoms. The SMILES string of the molecule is CC(C)(C)OC(=O)N1CCCCC1CNc1ccc2c(c1)CN(C1CCC(=O)NC1=O)C2=O. The minimum Gasteiger partial charge on any atom is -0.444 e. The van der Waals surface area contributed by atoms with E-state index in [-0.39, 0.29) is 30.4 Å². The number of anilines is 1. The van der Waals surface area contributed by atoms with Crippen molar-refractivity contribution in [2.75, 3.05) is 18.4 Å². The maximum Gasteiger partial charge on any atom is 0.410 e. The third-order valence-electron chi connectivity index (χ3n) is 6.32. The van der Waals surface area contributed by atoms with E-state index >= 15 is 0 Å². The van der Waals surface area contributed by atoms with Crippen LogP contribution in [0.5, 0.6) is 0 Å². The Hall–Kier alpha value is -3.10. The Bertz CT molecular complexity index is 970. The lowest BCUT2D eigenvalue weighted by atomic mass is 10.0. The van der Waals surface area contributed by atoms with E-state index in [1.54, 1.807) is 11.0 Å². The Balaban J connectivity index is 1.40. The molecule has 3 heterocycles. The second kappa shape index (κ2) is 9.03. The summed E-state index contributed by atoms with van der Waals surface area (Å²) in [7, 11) is 0. The number of likely N-dealkylation sites (tertiary alicyclic amines) is 1. The number of rotatable bonds is 4. The molecule has 0 spiro atoms. The minimum atomic E-state index is -0.622. The minimum absolute atomic E-state index is 0.0310. The molecule has 2 N–H and O–H groups in total. The molecular weight excluding hydrogens is 424 g/mol. The molecular formula is C24H32N4O5. The summed E-state index contributed by atoms with van der Waals surface area (Å²) in [5.41, 5.74) is 1.76. The van der Waals surface area contributed by atoms with E-state index in [1.807, 2.05) is 37.8 Å². The van der Waals surface area contributed by atoms with Gasteiger partial charge in [-0.2, -0.15) is 0 Å². The Morgan fingerprint density at radius 3 is 2.70 bits per heavy atom. The fourth-order valence-corrected chi connectivity index (χ4v) is 4.69. The van der Waals surface area contributed by atoms with Crippen LogP contribution in [0.3, 0.4) is 0 Å². The molecule has 0 aromatic heterocycles. The number of amides is 4. The number of piperidine rings is 2. The van der Waals surface area contributed by atoms with Gasteiger partial charge in [-0.1, -0.05) is 0 Å². The van der Waals surface area contributed by atoms with Crippen molar-refractivity contribution in [1.82, 2.24) is 15.1 Å². The van der Waals surface area contributed by atoms with Crippen LogP contribution in [0.4, 0.5) is 10.5 Å². The molecule has 2 fully saturated rings. The van der Waals surface area contributed by atoms with Gasteiger partial charge in [0, 0.05) is 37.3 Å². The van der Waals surface area contributed by atoms with E-state index in [0.29, 0.717) is 31.6 Å². The van der Waals surface area contributed by atoms with Gasteiger partial charge in [-0.3, -0.25) is 19.7 Å². The van der Waals surface area contributed by atoms with Gasteiger partial charge in [0.2, 0.25) is 11.8 Å². The van der Waals surface area contributed by atoms with Gasteiger partial charge in [-0.25, -0.2) is 4.79 Å². The van der Waals surface area contributed by atoms with Gasteiger partial charge >= 0.3 is 6.09 Å². The van der Waals surface area contributed by atoms with E-state index in [1.165, 1.54) is 0 Å². The first-order chi connectivity index (χ1) is 15.6. The van der Waals surface area contributed by atoms with Gasteiger partial charge in [0.25, 0.3) is 5.91 Å². The molecule has 0 radical (unpaired) electrons. The number of carbonyl (C=O) groups is 4. The summed E-state index contributed by atoms with van der Waals surface area (Å²) in [4.78, 5) is 52.5. The van der Waals surface area contributed by atoms with E-state index in [2.05, 4.69) is 10.6 Å². The third kappa shape index (κ3) is 5.12. The highest BCUT2D eigenvalue weighted by molar-refractivity contribution is 6.05. The maximum atomic E-state index is 12.9. The number of benzene rings is 1. The summed E-state index contributed by atoms with van der Waals surface area (Å²) in [5, 5.41) is 5.73. The zero-order chi connectivity index (χ0) is 23.8. The van der Waals surface area contributed by atoms with Gasteiger partial charge in [0.1, 0.15) is 11.6 Å². The van der Waals surface area contributed by atoms with Gasteiger partial charge in [-0.15, -0.1) is 0 Å². The number of nitrogens with zero attached hydrogens (tertiary/aromatic N) is 2. The molecule has 0 aliphatic carbocycles. The van der Waals surface area contributed by atoms with Crippen molar-refractivity contribution in [2.24, 2.45) is 0 Å². The van der Waals surface area contributed by atoms with E-state index in [9.17, 15) is 19.2 Å². The predicted octanol–water partition coefficient (Wildman–Crippen LogP) is 2.65. The molecule has 0 saturated carbocycles. The Morgan fingerprint density at radius 2 is 1.97 bits per heavy atom. The lowest BCUT2D eigenvalue weighted by Crippen LogP contribution is -2.52. The standard InChI is InChI=1S/C24H32N4O5/c1-24(2,3)33-23(32)27-11-5-4-6-17(27)13-25-16-7-8-18-15(12-16)14-28(22(18)31)19-9-10-20(29)26-21(19)30/h7-8,12,17,19,25H,4-6,9-11,13-14H2,1-3H3,(H,26,29,30). The Kier molecular flexibility index (Phi) is 6.32. The largest absolute Gasteiger partial charge is 0.444 e. The normalized spacial score (nSPS) is 23.3. The summed E-state index contributed by atoms with van der Waals surface area (Å²) in [6.07, 6.45) is 3.22. The van der Waals surface area contributed by atoms with Crippen molar-refractivity contribution < 1.29 is 23.9 Å². The van der Waals surface area contributed by atoms with Gasteiger partial charge in [-0.05, 0) is 70.2 Å². The first-order valence-corrected chi connectivity index (χ1v) is 11.6. The molecule has 1 aromatic rings. The van der Waals surface area contributed by atoms with Gasteiger partial charge < -0.3 is 19.9 Å². The smallest absolute Gasteiger partial charge is 0.410 e. The summed E-state index contributed by atoms with van der Waals surface area (Å²) in [6, 6.07) is 4.97. The summed E-state index contributed by atoms with van der Waals surface area (Å²) >= 11 is 0. The van der Waals surface area contributed by atoms with Crippen LogP contribution in [-0.2, 0) is 20.9 Å². The van der Waals surface area contributed by atoms with Gasteiger partial charge in [0.05, 0.1) is 6.04 Å². The molecule has 1 aromatic carbocycles. The summed E-state index contributed by atoms with van der Waals surface area (Å²) < 4.78 is 5.58. The van der Waals surface area contributed by atoms with Crippen LogP contribution in [0, 0.1) is 0 Å². The molecule has 0 bridgehead atoms. The molecule has 4 rings (SSSR count). The number of nitrogens with one attached hydrogen (secondary N) is 2. The van der Waals surface area contributed by atoms with Crippen molar-refractivity contribution in [2.45, 2.75) is 77.1 Å². The molecule has 3 aliphatic rings. The van der Waals surface area contributed by atoms with Crippen LogP contribution < -0.4 is 10.6 Å². The van der Waals surface area contributed by atoms with Crippen molar-refractivity contribution in [3.05, 3.63) is 29.3 Å². The zero-order valence-corrected chi connectivity index (χ0v) is 19.5. The fraction of sp³-hybridized carbons (Fsp3) is 0.583. The average Bonchev–Trinajstić information content (AvgIpc) is 3.07. The fourth-order valence-electron chi connectivity index (χ4n) is 4.69. The lowest BCUT2D eigenvalue weighted by molar-refractivity contribution is -0.136. The number of hydrogen-bond acceptors (Lipinski definition) is 6. The first-order valence-electron chi connectivity index (χ1n) is 11.6. The third-order valence-corrected chi connectivity index (χ3v) is 6.32. The number of fused-ring (bicyclic) bond motifs is 1. The van der Waals surface area contributed by atoms with Crippen molar-refractivity contribution >= 4 is 29.5 Å². The van der Waals surface area contributed by atoms with E-state index < -0.39 is 17.6 Å². The molecule has 2 atom stereocenters. The highest BCUT2D eigenvalue weighted by Gasteiger charge is 2.39. The first kappa shape index (κ1) is 23.1. The zero-order valence-electron chi connectivity index (χ0n) is 19.5. The Morgan fingerprint density at radius 1 is 1.18 bits per heavy atom. The average molecular weight is 457 g/mol. The van der Waals surface area contributed by atoms with Crippen LogP contribution in [0.25, 0.3) is 0 Å². The maximum absolute atomic E-state index is 12.9. The second-order valence-corrected chi connectivity index (χ2v) is 9.98. The molecule has 9 heteroatoms. The quantitative estimate of drug-likeness (QED) is 0.675. The lowest BCUT2D eigenvalue weighted by Gasteiger charge is -2.37. The molecule has 2 unspecified atom stereocenters. The number of carbonyl (C=O) groups excluding carboxylic acids is 4. The van der Waals surface area contributed by atoms with Gasteiger partial charge in [0.15, 0.2) is 0 Å². The predicted molar refractivity (Wildman–Crippen MR) is 122 cm³/mol. The number of imide groups is 1. The van der Waals surface area contributed by atoms with Crippen LogP contribution >= 0.6 is 0 Å². The molecule has 4 amide bonds. The second-order valence-electron chi connectivity index (χ2n) is 9.98. The van der Waals surface area contributed by atoms with Crippen LogP contribution in [0.2, 0.25) is 0 Å². The van der Waals surface area contributed by atoms with E-state index in [4.69, 9.17) is 4.74 Å². The van der Waals surface area contributed by atoms with Crippen LogP contribution in [0.1, 0.15) is 68.8 Å². The molecule has 9 nitrogen and oxygen atoms in total. The van der Waals surface area contributed by atoms with Crippen molar-refractivity contribution in [1.29, 1.82) is 0 Å².